The van der Waals surface area contributed by atoms with Gasteiger partial charge in [-0.15, -0.1) is 0 Å². The summed E-state index contributed by atoms with van der Waals surface area (Å²) in [5.74, 6) is -0.104. The van der Waals surface area contributed by atoms with E-state index in [2.05, 4.69) is 17.0 Å². The monoisotopic (exact) mass is 247 g/mol. The number of rotatable bonds is 6. The van der Waals surface area contributed by atoms with Crippen molar-refractivity contribution in [3.05, 3.63) is 36.2 Å². The highest BCUT2D eigenvalue weighted by Gasteiger charge is 2.14. The van der Waals surface area contributed by atoms with Gasteiger partial charge in [0, 0.05) is 32.0 Å². The summed E-state index contributed by atoms with van der Waals surface area (Å²) in [5, 5.41) is 4.14. The molecule has 2 aromatic heterocycles. The smallest absolute Gasteiger partial charge is 0.216 e. The van der Waals surface area contributed by atoms with E-state index in [1.165, 1.54) is 0 Å². The van der Waals surface area contributed by atoms with Gasteiger partial charge in [0.05, 0.1) is 18.1 Å². The predicted molar refractivity (Wildman–Crippen MR) is 67.2 cm³/mol. The van der Waals surface area contributed by atoms with Crippen molar-refractivity contribution in [1.29, 1.82) is 0 Å². The minimum Gasteiger partial charge on any atom is -0.335 e. The van der Waals surface area contributed by atoms with Crippen molar-refractivity contribution < 1.29 is 4.79 Å². The summed E-state index contributed by atoms with van der Waals surface area (Å²) in [4.78, 5) is 16.2. The SMILES string of the molecule is CCCn1cc(C(=O)c2cn(CCN)cn2)cn1. The molecule has 6 heteroatoms. The molecule has 0 fully saturated rings. The van der Waals surface area contributed by atoms with Gasteiger partial charge in [-0.1, -0.05) is 6.92 Å². The minimum absolute atomic E-state index is 0.104. The number of nitrogens with zero attached hydrogens (tertiary/aromatic N) is 4. The molecular weight excluding hydrogens is 230 g/mol. The van der Waals surface area contributed by atoms with E-state index in [0.29, 0.717) is 24.3 Å². The minimum atomic E-state index is -0.104. The lowest BCUT2D eigenvalue weighted by molar-refractivity contribution is 0.103. The molecule has 0 bridgehead atoms. The van der Waals surface area contributed by atoms with Gasteiger partial charge in [0.2, 0.25) is 5.78 Å². The summed E-state index contributed by atoms with van der Waals surface area (Å²) in [6, 6.07) is 0. The fraction of sp³-hybridized carbons (Fsp3) is 0.417. The van der Waals surface area contributed by atoms with E-state index in [4.69, 9.17) is 5.73 Å². The summed E-state index contributed by atoms with van der Waals surface area (Å²) in [6.07, 6.45) is 7.66. The second-order valence-electron chi connectivity index (χ2n) is 4.11. The van der Waals surface area contributed by atoms with Crippen LogP contribution in [-0.4, -0.2) is 31.7 Å². The number of aromatic nitrogens is 4. The predicted octanol–water partition coefficient (Wildman–Crippen LogP) is 0.679. The number of carbonyl (C=O) groups excluding carboxylic acids is 1. The molecule has 18 heavy (non-hydrogen) atoms. The second-order valence-corrected chi connectivity index (χ2v) is 4.11. The molecule has 0 aromatic carbocycles. The van der Waals surface area contributed by atoms with Gasteiger partial charge in [0.15, 0.2) is 0 Å². The van der Waals surface area contributed by atoms with Gasteiger partial charge in [0.25, 0.3) is 0 Å². The Hall–Kier alpha value is -1.95. The molecule has 0 saturated carbocycles. The molecule has 0 saturated heterocycles. The topological polar surface area (TPSA) is 78.7 Å². The second kappa shape index (κ2) is 5.59. The summed E-state index contributed by atoms with van der Waals surface area (Å²) < 4.78 is 3.58. The Labute approximate surface area is 105 Å². The van der Waals surface area contributed by atoms with Crippen LogP contribution in [0.25, 0.3) is 0 Å². The van der Waals surface area contributed by atoms with Gasteiger partial charge in [0.1, 0.15) is 5.69 Å². The molecule has 2 heterocycles. The van der Waals surface area contributed by atoms with Crippen LogP contribution in [0, 0.1) is 0 Å². The zero-order valence-corrected chi connectivity index (χ0v) is 10.4. The number of ketones is 1. The lowest BCUT2D eigenvalue weighted by Crippen LogP contribution is -2.08. The van der Waals surface area contributed by atoms with E-state index < -0.39 is 0 Å². The summed E-state index contributed by atoms with van der Waals surface area (Å²) in [5.41, 5.74) is 6.45. The third-order valence-corrected chi connectivity index (χ3v) is 2.60. The van der Waals surface area contributed by atoms with Gasteiger partial charge in [-0.25, -0.2) is 4.98 Å². The van der Waals surface area contributed by atoms with Crippen LogP contribution in [0.3, 0.4) is 0 Å². The molecular formula is C12H17N5O. The van der Waals surface area contributed by atoms with Crippen LogP contribution in [0.1, 0.15) is 29.4 Å². The van der Waals surface area contributed by atoms with Crippen LogP contribution in [0.15, 0.2) is 24.9 Å². The van der Waals surface area contributed by atoms with Crippen molar-refractivity contribution in [2.24, 2.45) is 5.73 Å². The van der Waals surface area contributed by atoms with Crippen molar-refractivity contribution in [2.75, 3.05) is 6.54 Å². The summed E-state index contributed by atoms with van der Waals surface area (Å²) in [7, 11) is 0. The Morgan fingerprint density at radius 3 is 2.94 bits per heavy atom. The molecule has 0 atom stereocenters. The molecule has 0 radical (unpaired) electrons. The van der Waals surface area contributed by atoms with E-state index >= 15 is 0 Å². The molecule has 0 aliphatic rings. The number of hydrogen-bond acceptors (Lipinski definition) is 4. The average Bonchev–Trinajstić information content (AvgIpc) is 2.98. The summed E-state index contributed by atoms with van der Waals surface area (Å²) >= 11 is 0. The van der Waals surface area contributed by atoms with Crippen LogP contribution >= 0.6 is 0 Å². The van der Waals surface area contributed by atoms with Crippen molar-refractivity contribution in [1.82, 2.24) is 19.3 Å². The Morgan fingerprint density at radius 2 is 2.22 bits per heavy atom. The number of carbonyl (C=O) groups is 1. The molecule has 6 nitrogen and oxygen atoms in total. The molecule has 0 aliphatic carbocycles. The lowest BCUT2D eigenvalue weighted by Gasteiger charge is -1.96. The zero-order chi connectivity index (χ0) is 13.0. The van der Waals surface area contributed by atoms with E-state index in [9.17, 15) is 4.79 Å². The first kappa shape index (κ1) is 12.5. The highest BCUT2D eigenvalue weighted by Crippen LogP contribution is 2.07. The number of hydrogen-bond donors (Lipinski definition) is 1. The number of aryl methyl sites for hydroxylation is 1. The number of nitrogens with two attached hydrogens (primary N) is 1. The highest BCUT2D eigenvalue weighted by molar-refractivity contribution is 6.07. The van der Waals surface area contributed by atoms with Gasteiger partial charge < -0.3 is 10.3 Å². The molecule has 2 aromatic rings. The molecule has 0 aliphatic heterocycles. The fourth-order valence-electron chi connectivity index (χ4n) is 1.73. The van der Waals surface area contributed by atoms with E-state index in [0.717, 1.165) is 13.0 Å². The van der Waals surface area contributed by atoms with Gasteiger partial charge in [-0.05, 0) is 6.42 Å². The van der Waals surface area contributed by atoms with Crippen LogP contribution in [0.5, 0.6) is 0 Å². The molecule has 96 valence electrons. The summed E-state index contributed by atoms with van der Waals surface area (Å²) in [6.45, 7) is 4.07. The van der Waals surface area contributed by atoms with E-state index in [1.54, 1.807) is 29.6 Å². The molecule has 0 amide bonds. The zero-order valence-electron chi connectivity index (χ0n) is 10.4. The Morgan fingerprint density at radius 1 is 1.39 bits per heavy atom. The van der Waals surface area contributed by atoms with Crippen molar-refractivity contribution in [3.8, 4) is 0 Å². The number of imidazole rings is 1. The van der Waals surface area contributed by atoms with Crippen molar-refractivity contribution in [3.63, 3.8) is 0 Å². The van der Waals surface area contributed by atoms with Crippen molar-refractivity contribution in [2.45, 2.75) is 26.4 Å². The first-order chi connectivity index (χ1) is 8.74. The van der Waals surface area contributed by atoms with Crippen LogP contribution in [-0.2, 0) is 13.1 Å². The lowest BCUT2D eigenvalue weighted by atomic mass is 10.2. The maximum absolute atomic E-state index is 12.1. The van der Waals surface area contributed by atoms with Crippen LogP contribution in [0.2, 0.25) is 0 Å². The fourth-order valence-corrected chi connectivity index (χ4v) is 1.73. The maximum atomic E-state index is 12.1. The Bertz CT molecular complexity index is 482. The first-order valence-corrected chi connectivity index (χ1v) is 6.03. The molecule has 2 rings (SSSR count). The normalized spacial score (nSPS) is 10.8. The molecule has 0 spiro atoms. The van der Waals surface area contributed by atoms with E-state index in [1.807, 2.05) is 4.57 Å². The van der Waals surface area contributed by atoms with Crippen LogP contribution in [0.4, 0.5) is 0 Å². The Kier molecular flexibility index (Phi) is 3.88. The van der Waals surface area contributed by atoms with Crippen LogP contribution < -0.4 is 5.73 Å². The third kappa shape index (κ3) is 2.65. The third-order valence-electron chi connectivity index (χ3n) is 2.60. The highest BCUT2D eigenvalue weighted by atomic mass is 16.1. The van der Waals surface area contributed by atoms with Gasteiger partial charge in [-0.2, -0.15) is 5.10 Å². The largest absolute Gasteiger partial charge is 0.335 e. The molecule has 0 unspecified atom stereocenters. The quantitative estimate of drug-likeness (QED) is 0.761. The molecule has 2 N–H and O–H groups in total. The van der Waals surface area contributed by atoms with Gasteiger partial charge in [-0.3, -0.25) is 9.48 Å². The first-order valence-electron chi connectivity index (χ1n) is 6.03. The van der Waals surface area contributed by atoms with Gasteiger partial charge >= 0.3 is 0 Å². The average molecular weight is 247 g/mol. The standard InChI is InChI=1S/C12H17N5O/c1-2-4-17-7-10(6-15-17)12(18)11-8-16(5-3-13)9-14-11/h6-9H,2-5,13H2,1H3. The van der Waals surface area contributed by atoms with E-state index in [-0.39, 0.29) is 5.78 Å². The Balaban J connectivity index is 2.13. The van der Waals surface area contributed by atoms with Crippen molar-refractivity contribution >= 4 is 5.78 Å². The maximum Gasteiger partial charge on any atom is 0.216 e.